The predicted octanol–water partition coefficient (Wildman–Crippen LogP) is 19.8. The number of aliphatic imine (C=N–C) groups is 2. The van der Waals surface area contributed by atoms with Crippen LogP contribution in [0.15, 0.2) is 288 Å². The van der Waals surface area contributed by atoms with Gasteiger partial charge in [0.15, 0.2) is 11.7 Å². The Balaban J connectivity index is 0.851. The zero-order valence-electron chi connectivity index (χ0n) is 46.8. The maximum Gasteiger partial charge on any atom is 0.161 e. The second-order valence-electron chi connectivity index (χ2n) is 21.8. The Labute approximate surface area is 485 Å². The van der Waals surface area contributed by atoms with Crippen LogP contribution >= 0.6 is 0 Å². The van der Waals surface area contributed by atoms with E-state index in [0.29, 0.717) is 11.7 Å². The Kier molecular flexibility index (Phi) is 13.2. The second-order valence-corrected chi connectivity index (χ2v) is 21.8. The van der Waals surface area contributed by atoms with E-state index in [1.54, 1.807) is 0 Å². The van der Waals surface area contributed by atoms with Crippen LogP contribution in [0.25, 0.3) is 100 Å². The summed E-state index contributed by atoms with van der Waals surface area (Å²) < 4.78 is 2.38. The van der Waals surface area contributed by atoms with E-state index in [1.165, 1.54) is 61.2 Å². The lowest BCUT2D eigenvalue weighted by molar-refractivity contribution is 0.954. The van der Waals surface area contributed by atoms with Crippen molar-refractivity contribution >= 4 is 38.9 Å². The molecule has 0 fully saturated rings. The maximum atomic E-state index is 5.35. The number of aromatic nitrogens is 3. The summed E-state index contributed by atoms with van der Waals surface area (Å²) in [5.41, 5.74) is 27.8. The fourth-order valence-electron chi connectivity index (χ4n) is 12.4. The summed E-state index contributed by atoms with van der Waals surface area (Å²) in [6, 6.07) is 88.7. The highest BCUT2D eigenvalue weighted by molar-refractivity contribution is 6.16. The lowest BCUT2D eigenvalue weighted by Gasteiger charge is -2.23. The number of aryl methyl sites for hydroxylation is 1. The van der Waals surface area contributed by atoms with Crippen LogP contribution in [-0.4, -0.2) is 26.1 Å². The molecule has 12 aromatic rings. The number of amidine groups is 1. The van der Waals surface area contributed by atoms with Crippen molar-refractivity contribution in [1.82, 2.24) is 14.5 Å². The molecule has 2 aromatic heterocycles. The normalized spacial score (nSPS) is 13.3. The second kappa shape index (κ2) is 21.6. The molecule has 10 aromatic carbocycles. The van der Waals surface area contributed by atoms with Crippen LogP contribution in [0, 0.1) is 6.92 Å². The molecule has 0 bridgehead atoms. The molecule has 0 radical (unpaired) electrons. The van der Waals surface area contributed by atoms with Gasteiger partial charge in [0.1, 0.15) is 0 Å². The van der Waals surface area contributed by atoms with Gasteiger partial charge in [0, 0.05) is 44.4 Å². The average molecular weight is 1070 g/mol. The highest BCUT2D eigenvalue weighted by Gasteiger charge is 2.25. The van der Waals surface area contributed by atoms with Gasteiger partial charge in [-0.3, -0.25) is 0 Å². The molecule has 0 saturated heterocycles. The topological polar surface area (TPSA) is 55.4 Å². The number of benzene rings is 10. The van der Waals surface area contributed by atoms with Gasteiger partial charge in [0.2, 0.25) is 0 Å². The molecule has 0 unspecified atom stereocenters. The summed E-state index contributed by atoms with van der Waals surface area (Å²) in [4.78, 5) is 21.1. The van der Waals surface area contributed by atoms with Crippen LogP contribution in [0.3, 0.4) is 0 Å². The van der Waals surface area contributed by atoms with Gasteiger partial charge in [-0.1, -0.05) is 207 Å². The number of hydrogen-bond donors (Lipinski definition) is 0. The van der Waals surface area contributed by atoms with E-state index < -0.39 is 0 Å². The Hall–Kier alpha value is -10.4. The molecular weight excluding hydrogens is 1010 g/mol. The van der Waals surface area contributed by atoms with Crippen molar-refractivity contribution < 1.29 is 0 Å². The lowest BCUT2D eigenvalue weighted by Crippen LogP contribution is -2.07. The Bertz CT molecular complexity index is 4580. The number of fused-ring (bicyclic) bond motifs is 6. The zero-order chi connectivity index (χ0) is 56.0. The highest BCUT2D eigenvalue weighted by Crippen LogP contribution is 2.45. The van der Waals surface area contributed by atoms with Crippen LogP contribution in [-0.2, 0) is 6.42 Å². The van der Waals surface area contributed by atoms with Crippen LogP contribution in [0.1, 0.15) is 60.1 Å². The van der Waals surface area contributed by atoms with Gasteiger partial charge < -0.3 is 4.57 Å². The molecule has 0 aliphatic heterocycles. The van der Waals surface area contributed by atoms with Crippen molar-refractivity contribution in [3.63, 3.8) is 0 Å². The molecule has 5 nitrogen and oxygen atoms in total. The van der Waals surface area contributed by atoms with E-state index in [-0.39, 0.29) is 0 Å². The SMILES string of the molecule is C=C(N=C(N=C(C)c1ccccc1)c1ccccc1)C1=C(c2cc(-c3ccc4c(c3)-c3cc(-c5ccc6c(c5)c5c(-c7nc(-c8ccccc8)cc(-c8ccccc8)n7)cccc5n6-c5ccccc5)ccc3C4)ccc2C)C(C)=CCC1. The minimum Gasteiger partial charge on any atom is -0.309 e. The van der Waals surface area contributed by atoms with Gasteiger partial charge in [0.05, 0.1) is 28.1 Å². The van der Waals surface area contributed by atoms with E-state index in [0.717, 1.165) is 109 Å². The minimum absolute atomic E-state index is 0.655. The summed E-state index contributed by atoms with van der Waals surface area (Å²) in [5.74, 6) is 1.34. The maximum absolute atomic E-state index is 5.35. The van der Waals surface area contributed by atoms with Crippen molar-refractivity contribution in [2.75, 3.05) is 0 Å². The van der Waals surface area contributed by atoms with Gasteiger partial charge in [0.25, 0.3) is 0 Å². The monoisotopic (exact) mass is 1070 g/mol. The molecule has 0 atom stereocenters. The van der Waals surface area contributed by atoms with E-state index in [9.17, 15) is 0 Å². The van der Waals surface area contributed by atoms with Crippen LogP contribution in [0.4, 0.5) is 0 Å². The third-order valence-corrected chi connectivity index (χ3v) is 16.6. The van der Waals surface area contributed by atoms with E-state index in [1.807, 2.05) is 55.5 Å². The fraction of sp³-hybridized carbons (Fsp3) is 0.0769. The van der Waals surface area contributed by atoms with Crippen molar-refractivity contribution in [2.45, 2.75) is 40.0 Å². The predicted molar refractivity (Wildman–Crippen MR) is 347 cm³/mol. The first-order chi connectivity index (χ1) is 40.8. The van der Waals surface area contributed by atoms with Gasteiger partial charge >= 0.3 is 0 Å². The number of hydrogen-bond acceptors (Lipinski definition) is 3. The molecule has 0 saturated carbocycles. The quantitative estimate of drug-likeness (QED) is 0.0957. The summed E-state index contributed by atoms with van der Waals surface area (Å²) in [7, 11) is 0. The molecule has 2 heterocycles. The largest absolute Gasteiger partial charge is 0.309 e. The van der Waals surface area contributed by atoms with Gasteiger partial charge in [-0.05, 0) is 173 Å². The number of allylic oxidation sites excluding steroid dienone is 4. The highest BCUT2D eigenvalue weighted by atomic mass is 15.0. The minimum atomic E-state index is 0.655. The molecule has 0 N–H and O–H groups in total. The molecule has 2 aliphatic carbocycles. The molecule has 0 amide bonds. The molecule has 396 valence electrons. The lowest BCUT2D eigenvalue weighted by atomic mass is 9.83. The van der Waals surface area contributed by atoms with Gasteiger partial charge in [-0.2, -0.15) is 0 Å². The third-order valence-electron chi connectivity index (χ3n) is 16.6. The standard InChI is InChI=1S/C78H59N5/c1-50-36-37-58(45-67(50)75-51(2)22-20-33-65(75)53(4)80-77(57-29-16-8-17-30-57)79-52(3)54-23-10-5-11-24-54)59-38-40-62-44-63-41-39-60(47-69(63)68(62)46-59)61-42-43-73-70(48-61)76-66(34-21-35-74(76)83(73)64-31-18-9-19-32-64)78-81-71(55-25-12-6-13-26-55)49-72(82-78)56-27-14-7-15-28-56/h5-19,21-32,34-43,45-49H,4,20,33,44H2,1-3H3. The number of nitrogens with zero attached hydrogens (tertiary/aromatic N) is 5. The summed E-state index contributed by atoms with van der Waals surface area (Å²) in [6.07, 6.45) is 5.03. The number of rotatable bonds is 11. The van der Waals surface area contributed by atoms with Crippen molar-refractivity contribution in [3.05, 3.63) is 312 Å². The molecule has 83 heavy (non-hydrogen) atoms. The van der Waals surface area contributed by atoms with E-state index in [4.69, 9.17) is 20.0 Å². The Morgan fingerprint density at radius 2 is 1.01 bits per heavy atom. The summed E-state index contributed by atoms with van der Waals surface area (Å²) in [5, 5.41) is 2.26. The van der Waals surface area contributed by atoms with Gasteiger partial charge in [-0.25, -0.2) is 20.0 Å². The van der Waals surface area contributed by atoms with Crippen LogP contribution in [0.2, 0.25) is 0 Å². The van der Waals surface area contributed by atoms with Crippen molar-refractivity contribution in [3.8, 4) is 73.0 Å². The van der Waals surface area contributed by atoms with E-state index >= 15 is 0 Å². The van der Waals surface area contributed by atoms with Crippen molar-refractivity contribution in [2.24, 2.45) is 9.98 Å². The fourth-order valence-corrected chi connectivity index (χ4v) is 12.4. The third kappa shape index (κ3) is 9.66. The van der Waals surface area contributed by atoms with Crippen LogP contribution < -0.4 is 0 Å². The molecular formula is C78H59N5. The molecule has 2 aliphatic rings. The van der Waals surface area contributed by atoms with E-state index in [2.05, 4.69) is 231 Å². The van der Waals surface area contributed by atoms with Gasteiger partial charge in [-0.15, -0.1) is 0 Å². The Morgan fingerprint density at radius 1 is 0.470 bits per heavy atom. The van der Waals surface area contributed by atoms with Crippen molar-refractivity contribution in [1.29, 1.82) is 0 Å². The molecule has 0 spiro atoms. The first-order valence-electron chi connectivity index (χ1n) is 28.6. The molecule has 14 rings (SSSR count). The first-order valence-corrected chi connectivity index (χ1v) is 28.6. The summed E-state index contributed by atoms with van der Waals surface area (Å²) >= 11 is 0. The smallest absolute Gasteiger partial charge is 0.161 e. The summed E-state index contributed by atoms with van der Waals surface area (Å²) in [6.45, 7) is 11.2. The molecule has 5 heteroatoms. The average Bonchev–Trinajstić information content (AvgIpc) is 2.43. The number of para-hydroxylation sites is 1. The Morgan fingerprint density at radius 3 is 1.64 bits per heavy atom. The van der Waals surface area contributed by atoms with Crippen LogP contribution in [0.5, 0.6) is 0 Å². The first kappa shape index (κ1) is 50.8. The zero-order valence-corrected chi connectivity index (χ0v) is 46.8.